The highest BCUT2D eigenvalue weighted by Crippen LogP contribution is 2.11. The molecule has 86 valence electrons. The smallest absolute Gasteiger partial charge is 0.242 e. The number of nitrogens with zero attached hydrogens (tertiary/aromatic N) is 2. The zero-order valence-electron chi connectivity index (χ0n) is 8.48. The summed E-state index contributed by atoms with van der Waals surface area (Å²) in [4.78, 5) is 0. The minimum atomic E-state index is -2.39. The van der Waals surface area contributed by atoms with Crippen LogP contribution in [0, 0.1) is 0 Å². The Morgan fingerprint density at radius 2 is 2.00 bits per heavy atom. The van der Waals surface area contributed by atoms with Crippen LogP contribution in [0.4, 0.5) is 8.78 Å². The van der Waals surface area contributed by atoms with Crippen molar-refractivity contribution >= 4 is 12.2 Å². The summed E-state index contributed by atoms with van der Waals surface area (Å²) in [5.74, 6) is -0.178. The van der Waals surface area contributed by atoms with Crippen LogP contribution in [0.3, 0.4) is 0 Å². The Morgan fingerprint density at radius 1 is 1.31 bits per heavy atom. The van der Waals surface area contributed by atoms with Crippen LogP contribution in [0.2, 0.25) is 0 Å². The van der Waals surface area contributed by atoms with Crippen LogP contribution < -0.4 is 11.5 Å². The fourth-order valence-corrected chi connectivity index (χ4v) is 1.17. The van der Waals surface area contributed by atoms with E-state index in [2.05, 4.69) is 10.2 Å². The summed E-state index contributed by atoms with van der Waals surface area (Å²) in [6, 6.07) is 6.70. The topological polar surface area (TPSA) is 76.8 Å². The van der Waals surface area contributed by atoms with Gasteiger partial charge in [-0.1, -0.05) is 24.3 Å². The Kier molecular flexibility index (Phi) is 4.38. The van der Waals surface area contributed by atoms with E-state index in [0.717, 1.165) is 0 Å². The first-order valence-electron chi connectivity index (χ1n) is 4.57. The molecule has 4 N–H and O–H groups in total. The van der Waals surface area contributed by atoms with Crippen LogP contribution in [0.25, 0.3) is 0 Å². The van der Waals surface area contributed by atoms with Crippen molar-refractivity contribution in [2.24, 2.45) is 21.7 Å². The molecule has 0 bridgehead atoms. The van der Waals surface area contributed by atoms with Crippen molar-refractivity contribution in [1.29, 1.82) is 0 Å². The molecule has 0 aliphatic rings. The van der Waals surface area contributed by atoms with E-state index in [4.69, 9.17) is 11.5 Å². The number of halogens is 2. The number of guanidine groups is 1. The van der Waals surface area contributed by atoms with Gasteiger partial charge in [0, 0.05) is 6.42 Å². The molecule has 16 heavy (non-hydrogen) atoms. The first kappa shape index (κ1) is 12.1. The van der Waals surface area contributed by atoms with Gasteiger partial charge in [0.2, 0.25) is 12.4 Å². The van der Waals surface area contributed by atoms with Crippen LogP contribution in [0.5, 0.6) is 0 Å². The molecule has 0 saturated heterocycles. The third kappa shape index (κ3) is 4.04. The van der Waals surface area contributed by atoms with Crippen LogP contribution in [0.1, 0.15) is 11.1 Å². The van der Waals surface area contributed by atoms with Crippen molar-refractivity contribution in [1.82, 2.24) is 0 Å². The minimum absolute atomic E-state index is 0.178. The molecule has 0 fully saturated rings. The average molecular weight is 226 g/mol. The van der Waals surface area contributed by atoms with E-state index in [-0.39, 0.29) is 12.4 Å². The number of rotatable bonds is 4. The quantitative estimate of drug-likeness (QED) is 0.458. The summed E-state index contributed by atoms with van der Waals surface area (Å²) < 4.78 is 24.5. The highest BCUT2D eigenvalue weighted by Gasteiger charge is 2.07. The Morgan fingerprint density at radius 3 is 2.62 bits per heavy atom. The van der Waals surface area contributed by atoms with Crippen molar-refractivity contribution in [3.63, 3.8) is 0 Å². The zero-order valence-corrected chi connectivity index (χ0v) is 8.48. The van der Waals surface area contributed by atoms with Crippen LogP contribution >= 0.6 is 0 Å². The van der Waals surface area contributed by atoms with E-state index in [1.165, 1.54) is 6.21 Å². The number of benzene rings is 1. The maximum absolute atomic E-state index is 12.2. The van der Waals surface area contributed by atoms with Crippen molar-refractivity contribution in [3.05, 3.63) is 35.4 Å². The largest absolute Gasteiger partial charge is 0.369 e. The van der Waals surface area contributed by atoms with E-state index < -0.39 is 6.43 Å². The van der Waals surface area contributed by atoms with Gasteiger partial charge in [0.25, 0.3) is 0 Å². The first-order chi connectivity index (χ1) is 7.59. The van der Waals surface area contributed by atoms with Gasteiger partial charge in [-0.05, 0) is 11.1 Å². The molecule has 4 nitrogen and oxygen atoms in total. The van der Waals surface area contributed by atoms with Gasteiger partial charge in [-0.2, -0.15) is 5.10 Å². The van der Waals surface area contributed by atoms with E-state index in [0.29, 0.717) is 11.1 Å². The lowest BCUT2D eigenvalue weighted by Gasteiger charge is -2.03. The molecule has 1 aromatic rings. The molecule has 0 unspecified atom stereocenters. The van der Waals surface area contributed by atoms with Crippen LogP contribution in [-0.2, 0) is 6.42 Å². The fraction of sp³-hybridized carbons (Fsp3) is 0.200. The third-order valence-electron chi connectivity index (χ3n) is 1.80. The summed E-state index contributed by atoms with van der Waals surface area (Å²) in [6.45, 7) is 0. The van der Waals surface area contributed by atoms with E-state index in [9.17, 15) is 8.78 Å². The van der Waals surface area contributed by atoms with Gasteiger partial charge in [-0.25, -0.2) is 8.78 Å². The Balaban J connectivity index is 2.86. The van der Waals surface area contributed by atoms with Crippen LogP contribution in [-0.4, -0.2) is 18.6 Å². The highest BCUT2D eigenvalue weighted by molar-refractivity contribution is 5.83. The lowest BCUT2D eigenvalue weighted by Crippen LogP contribution is -2.21. The maximum Gasteiger partial charge on any atom is 0.242 e. The highest BCUT2D eigenvalue weighted by atomic mass is 19.3. The predicted molar refractivity (Wildman–Crippen MR) is 59.6 cm³/mol. The Labute approximate surface area is 91.7 Å². The average Bonchev–Trinajstić information content (AvgIpc) is 2.19. The SMILES string of the molecule is NC(N)=NN=Cc1ccccc1CC(F)F. The number of nitrogens with two attached hydrogens (primary N) is 2. The number of hydrogen-bond donors (Lipinski definition) is 2. The van der Waals surface area contributed by atoms with Gasteiger partial charge in [0.15, 0.2) is 0 Å². The van der Waals surface area contributed by atoms with Crippen LogP contribution in [0.15, 0.2) is 34.5 Å². The zero-order chi connectivity index (χ0) is 12.0. The lowest BCUT2D eigenvalue weighted by molar-refractivity contribution is 0.149. The lowest BCUT2D eigenvalue weighted by atomic mass is 10.1. The number of alkyl halides is 2. The molecule has 0 aromatic heterocycles. The molecular formula is C10H12F2N4. The monoisotopic (exact) mass is 226 g/mol. The molecule has 0 aliphatic heterocycles. The van der Waals surface area contributed by atoms with E-state index in [1.54, 1.807) is 24.3 Å². The molecule has 0 aliphatic carbocycles. The van der Waals surface area contributed by atoms with E-state index in [1.807, 2.05) is 0 Å². The normalized spacial score (nSPS) is 10.9. The van der Waals surface area contributed by atoms with Gasteiger partial charge >= 0.3 is 0 Å². The summed E-state index contributed by atoms with van der Waals surface area (Å²) in [5, 5.41) is 6.97. The predicted octanol–water partition coefficient (Wildman–Crippen LogP) is 1.10. The summed E-state index contributed by atoms with van der Waals surface area (Å²) in [6.07, 6.45) is -1.36. The molecule has 0 atom stereocenters. The van der Waals surface area contributed by atoms with Crippen molar-refractivity contribution < 1.29 is 8.78 Å². The van der Waals surface area contributed by atoms with Gasteiger partial charge in [0.05, 0.1) is 6.21 Å². The standard InChI is InChI=1S/C10H12F2N4/c11-9(12)5-7-3-1-2-4-8(7)6-15-16-10(13)14/h1-4,6,9H,5H2,(H4,13,14,16). The second-order valence-electron chi connectivity index (χ2n) is 3.06. The molecule has 1 aromatic carbocycles. The molecule has 0 saturated carbocycles. The van der Waals surface area contributed by atoms with Gasteiger partial charge in [-0.15, -0.1) is 5.10 Å². The second-order valence-corrected chi connectivity index (χ2v) is 3.06. The minimum Gasteiger partial charge on any atom is -0.369 e. The summed E-state index contributed by atoms with van der Waals surface area (Å²) in [5.41, 5.74) is 11.2. The molecule has 1 rings (SSSR count). The number of hydrogen-bond acceptors (Lipinski definition) is 2. The molecule has 0 spiro atoms. The van der Waals surface area contributed by atoms with Gasteiger partial charge in [-0.3, -0.25) is 0 Å². The Bertz CT molecular complexity index is 398. The first-order valence-corrected chi connectivity index (χ1v) is 4.57. The van der Waals surface area contributed by atoms with E-state index >= 15 is 0 Å². The molecular weight excluding hydrogens is 214 g/mol. The molecule has 6 heteroatoms. The van der Waals surface area contributed by atoms with Crippen molar-refractivity contribution in [2.45, 2.75) is 12.8 Å². The van der Waals surface area contributed by atoms with Gasteiger partial charge < -0.3 is 11.5 Å². The fourth-order valence-electron chi connectivity index (χ4n) is 1.17. The summed E-state index contributed by atoms with van der Waals surface area (Å²) in [7, 11) is 0. The Hall–Kier alpha value is -1.98. The van der Waals surface area contributed by atoms with Crippen molar-refractivity contribution in [2.75, 3.05) is 0 Å². The molecule has 0 radical (unpaired) electrons. The molecule has 0 heterocycles. The maximum atomic E-state index is 12.2. The second kappa shape index (κ2) is 5.79. The third-order valence-corrected chi connectivity index (χ3v) is 1.80. The summed E-state index contributed by atoms with van der Waals surface area (Å²) >= 11 is 0. The van der Waals surface area contributed by atoms with Gasteiger partial charge in [0.1, 0.15) is 0 Å². The van der Waals surface area contributed by atoms with Crippen molar-refractivity contribution in [3.8, 4) is 0 Å². The molecule has 0 amide bonds.